The third-order valence-corrected chi connectivity index (χ3v) is 4.95. The Hall–Kier alpha value is -0.313. The first kappa shape index (κ1) is 11.7. The molecule has 0 aliphatic rings. The summed E-state index contributed by atoms with van der Waals surface area (Å²) in [5.41, 5.74) is 0. The molecule has 0 aliphatic heterocycles. The predicted molar refractivity (Wildman–Crippen MR) is 54.0 cm³/mol. The van der Waals surface area contributed by atoms with E-state index >= 15 is 0 Å². The van der Waals surface area contributed by atoms with Crippen molar-refractivity contribution in [3.63, 3.8) is 0 Å². The summed E-state index contributed by atoms with van der Waals surface area (Å²) >= 11 is 0. The minimum absolute atomic E-state index is 0.0115. The van der Waals surface area contributed by atoms with Crippen LogP contribution in [0.3, 0.4) is 0 Å². The average Bonchev–Trinajstić information content (AvgIpc) is 1.85. The van der Waals surface area contributed by atoms with Gasteiger partial charge in [0.2, 0.25) is 0 Å². The van der Waals surface area contributed by atoms with Crippen LogP contribution in [-0.2, 0) is 9.53 Å². The lowest BCUT2D eigenvalue weighted by molar-refractivity contribution is -0.140. The second-order valence-corrected chi connectivity index (χ2v) is 9.08. The molecule has 0 unspecified atom stereocenters. The Morgan fingerprint density at radius 2 is 1.92 bits per heavy atom. The molecule has 0 heterocycles. The van der Waals surface area contributed by atoms with Crippen LogP contribution in [0.1, 0.15) is 20.3 Å². The molecule has 0 saturated heterocycles. The number of hydrogen-bond donors (Lipinski definition) is 0. The van der Waals surface area contributed by atoms with Gasteiger partial charge in [0.1, 0.15) is 0 Å². The molecule has 0 aromatic carbocycles. The monoisotopic (exact) mass is 188 g/mol. The van der Waals surface area contributed by atoms with Crippen molar-refractivity contribution in [3.8, 4) is 0 Å². The molecule has 0 atom stereocenters. The van der Waals surface area contributed by atoms with Gasteiger partial charge in [-0.25, -0.2) is 0 Å². The van der Waals surface area contributed by atoms with Gasteiger partial charge < -0.3 is 4.74 Å². The molecule has 3 heteroatoms. The summed E-state index contributed by atoms with van der Waals surface area (Å²) in [6.07, 6.45) is 1.18. The lowest BCUT2D eigenvalue weighted by atomic mass is 10.6. The highest BCUT2D eigenvalue weighted by atomic mass is 28.3. The second kappa shape index (κ2) is 5.35. The molecule has 0 aliphatic carbocycles. The average molecular weight is 188 g/mol. The SMILES string of the molecule is CCC[Si](C)(C)CC(=O)OCC. The van der Waals surface area contributed by atoms with Crippen LogP contribution in [0.15, 0.2) is 0 Å². The van der Waals surface area contributed by atoms with Crippen LogP contribution in [-0.4, -0.2) is 20.7 Å². The molecule has 0 rings (SSSR count). The Labute approximate surface area is 76.3 Å². The summed E-state index contributed by atoms with van der Waals surface area (Å²) in [6, 6.07) is 1.89. The minimum atomic E-state index is -1.28. The highest BCUT2D eigenvalue weighted by Gasteiger charge is 2.23. The smallest absolute Gasteiger partial charge is 0.303 e. The molecular formula is C9H20O2Si. The molecule has 0 aromatic rings. The van der Waals surface area contributed by atoms with Crippen molar-refractivity contribution in [2.24, 2.45) is 0 Å². The van der Waals surface area contributed by atoms with Crippen LogP contribution in [0.4, 0.5) is 0 Å². The zero-order chi connectivity index (χ0) is 9.61. The van der Waals surface area contributed by atoms with Crippen LogP contribution in [0.2, 0.25) is 25.2 Å². The highest BCUT2D eigenvalue weighted by molar-refractivity contribution is 6.79. The number of carbonyl (C=O) groups excluding carboxylic acids is 1. The van der Waals surface area contributed by atoms with Crippen LogP contribution in [0.25, 0.3) is 0 Å². The summed E-state index contributed by atoms with van der Waals surface area (Å²) in [6.45, 7) is 9.02. The fraction of sp³-hybridized carbons (Fsp3) is 0.889. The highest BCUT2D eigenvalue weighted by Crippen LogP contribution is 2.17. The zero-order valence-electron chi connectivity index (χ0n) is 8.64. The van der Waals surface area contributed by atoms with E-state index in [2.05, 4.69) is 20.0 Å². The molecule has 0 fully saturated rings. The van der Waals surface area contributed by atoms with E-state index in [9.17, 15) is 4.79 Å². The van der Waals surface area contributed by atoms with E-state index in [1.807, 2.05) is 6.92 Å². The molecule has 72 valence electrons. The molecule has 0 N–H and O–H groups in total. The van der Waals surface area contributed by atoms with E-state index in [0.717, 1.165) is 0 Å². The summed E-state index contributed by atoms with van der Waals surface area (Å²) in [5, 5.41) is 0. The largest absolute Gasteiger partial charge is 0.466 e. The summed E-state index contributed by atoms with van der Waals surface area (Å²) in [7, 11) is -1.28. The number of esters is 1. The van der Waals surface area contributed by atoms with Crippen molar-refractivity contribution >= 4 is 14.0 Å². The van der Waals surface area contributed by atoms with E-state index in [4.69, 9.17) is 4.74 Å². The van der Waals surface area contributed by atoms with Crippen molar-refractivity contribution in [3.05, 3.63) is 0 Å². The van der Waals surface area contributed by atoms with Gasteiger partial charge in [0, 0.05) is 6.04 Å². The van der Waals surface area contributed by atoms with Gasteiger partial charge in [0.15, 0.2) is 0 Å². The number of carbonyl (C=O) groups is 1. The number of ether oxygens (including phenoxy) is 1. The topological polar surface area (TPSA) is 26.3 Å². The van der Waals surface area contributed by atoms with Gasteiger partial charge >= 0.3 is 5.97 Å². The van der Waals surface area contributed by atoms with Gasteiger partial charge in [0.05, 0.1) is 14.7 Å². The Bertz CT molecular complexity index is 143. The van der Waals surface area contributed by atoms with E-state index in [1.165, 1.54) is 12.5 Å². The van der Waals surface area contributed by atoms with Gasteiger partial charge in [-0.15, -0.1) is 0 Å². The molecule has 0 bridgehead atoms. The maximum atomic E-state index is 11.1. The quantitative estimate of drug-likeness (QED) is 0.490. The number of rotatable bonds is 5. The van der Waals surface area contributed by atoms with Crippen LogP contribution in [0, 0.1) is 0 Å². The van der Waals surface area contributed by atoms with Gasteiger partial charge in [0.25, 0.3) is 0 Å². The van der Waals surface area contributed by atoms with Gasteiger partial charge in [-0.1, -0.05) is 32.5 Å². The van der Waals surface area contributed by atoms with Crippen LogP contribution < -0.4 is 0 Å². The Morgan fingerprint density at radius 1 is 1.33 bits per heavy atom. The molecule has 0 saturated carbocycles. The van der Waals surface area contributed by atoms with Gasteiger partial charge in [-0.3, -0.25) is 4.79 Å². The van der Waals surface area contributed by atoms with E-state index in [1.54, 1.807) is 0 Å². The third kappa shape index (κ3) is 5.35. The molecule has 2 nitrogen and oxygen atoms in total. The predicted octanol–water partition coefficient (Wildman–Crippen LogP) is 2.67. The minimum Gasteiger partial charge on any atom is -0.466 e. The first-order chi connectivity index (χ1) is 5.52. The van der Waals surface area contributed by atoms with Crippen molar-refractivity contribution in [2.45, 2.75) is 45.5 Å². The summed E-state index contributed by atoms with van der Waals surface area (Å²) < 4.78 is 4.92. The Balaban J connectivity index is 3.79. The van der Waals surface area contributed by atoms with E-state index < -0.39 is 8.07 Å². The zero-order valence-corrected chi connectivity index (χ0v) is 9.64. The first-order valence-corrected chi connectivity index (χ1v) is 8.09. The van der Waals surface area contributed by atoms with Crippen LogP contribution >= 0.6 is 0 Å². The van der Waals surface area contributed by atoms with Crippen molar-refractivity contribution in [1.82, 2.24) is 0 Å². The molecule has 0 amide bonds. The fourth-order valence-electron chi connectivity index (χ4n) is 1.37. The van der Waals surface area contributed by atoms with Gasteiger partial charge in [-0.05, 0) is 6.92 Å². The summed E-state index contributed by atoms with van der Waals surface area (Å²) in [4.78, 5) is 11.1. The normalized spacial score (nSPS) is 11.3. The summed E-state index contributed by atoms with van der Waals surface area (Å²) in [5.74, 6) is -0.0115. The first-order valence-electron chi connectivity index (χ1n) is 4.67. The molecule has 12 heavy (non-hydrogen) atoms. The van der Waals surface area contributed by atoms with Gasteiger partial charge in [-0.2, -0.15) is 0 Å². The van der Waals surface area contributed by atoms with Crippen LogP contribution in [0.5, 0.6) is 0 Å². The number of hydrogen-bond acceptors (Lipinski definition) is 2. The van der Waals surface area contributed by atoms with Crippen molar-refractivity contribution in [2.75, 3.05) is 6.61 Å². The van der Waals surface area contributed by atoms with Crippen molar-refractivity contribution < 1.29 is 9.53 Å². The lowest BCUT2D eigenvalue weighted by Crippen LogP contribution is -2.29. The third-order valence-electron chi connectivity index (χ3n) is 1.85. The lowest BCUT2D eigenvalue weighted by Gasteiger charge is -2.19. The maximum Gasteiger partial charge on any atom is 0.303 e. The molecule has 0 spiro atoms. The Kier molecular flexibility index (Phi) is 5.21. The van der Waals surface area contributed by atoms with Crippen molar-refractivity contribution in [1.29, 1.82) is 0 Å². The standard InChI is InChI=1S/C9H20O2Si/c1-5-7-12(3,4)8-9(10)11-6-2/h5-8H2,1-4H3. The second-order valence-electron chi connectivity index (χ2n) is 3.90. The molecular weight excluding hydrogens is 168 g/mol. The van der Waals surface area contributed by atoms with E-state index in [0.29, 0.717) is 12.7 Å². The Morgan fingerprint density at radius 3 is 2.33 bits per heavy atom. The molecule has 0 radical (unpaired) electrons. The molecule has 0 aromatic heterocycles. The van der Waals surface area contributed by atoms with E-state index in [-0.39, 0.29) is 5.97 Å². The fourth-order valence-corrected chi connectivity index (χ4v) is 3.78. The maximum absolute atomic E-state index is 11.1.